The third-order valence-corrected chi connectivity index (χ3v) is 5.65. The van der Waals surface area contributed by atoms with E-state index in [1.54, 1.807) is 30.3 Å². The summed E-state index contributed by atoms with van der Waals surface area (Å²) >= 11 is 5.87. The number of amides is 1. The molecule has 0 aromatic heterocycles. The molecule has 2 atom stereocenters. The van der Waals surface area contributed by atoms with Gasteiger partial charge in [0.15, 0.2) is 19.0 Å². The Morgan fingerprint density at radius 3 is 2.29 bits per heavy atom. The summed E-state index contributed by atoms with van der Waals surface area (Å²) < 4.78 is 10.7. The van der Waals surface area contributed by atoms with Gasteiger partial charge in [-0.25, -0.2) is 4.79 Å². The molecular formula is C24H26ClNO5. The van der Waals surface area contributed by atoms with Gasteiger partial charge in [0.05, 0.1) is 5.56 Å². The summed E-state index contributed by atoms with van der Waals surface area (Å²) in [6, 6.07) is 13.2. The average Bonchev–Trinajstić information content (AvgIpc) is 2.76. The smallest absolute Gasteiger partial charge is 0.338 e. The lowest BCUT2D eigenvalue weighted by atomic mass is 9.97. The van der Waals surface area contributed by atoms with Gasteiger partial charge in [-0.3, -0.25) is 9.59 Å². The molecule has 7 heteroatoms. The lowest BCUT2D eigenvalue weighted by Gasteiger charge is -2.38. The van der Waals surface area contributed by atoms with Crippen LogP contribution in [0.1, 0.15) is 53.8 Å². The highest BCUT2D eigenvalue weighted by Crippen LogP contribution is 2.23. The minimum atomic E-state index is -0.617. The summed E-state index contributed by atoms with van der Waals surface area (Å²) in [5.41, 5.74) is 0.668. The van der Waals surface area contributed by atoms with Gasteiger partial charge < -0.3 is 14.4 Å². The molecule has 1 aliphatic heterocycles. The standard InChI is InChI=1S/C24H26ClNO5/c1-16-5-3-6-17(2)26(16)23(28)15-30-21-11-9-18(10-12-21)24(29)31-14-22(27)19-7-4-8-20(25)13-19/h4,7-13,16-17H,3,5-6,14-15H2,1-2H3. The van der Waals surface area contributed by atoms with Crippen LogP contribution in [-0.4, -0.2) is 47.9 Å². The van der Waals surface area contributed by atoms with Crippen LogP contribution in [0.2, 0.25) is 5.02 Å². The lowest BCUT2D eigenvalue weighted by molar-refractivity contribution is -0.139. The number of ether oxygens (including phenoxy) is 2. The number of carbonyl (C=O) groups is 3. The second-order valence-corrected chi connectivity index (χ2v) is 8.19. The van der Waals surface area contributed by atoms with Crippen LogP contribution >= 0.6 is 11.6 Å². The molecule has 1 aliphatic rings. The molecule has 1 heterocycles. The van der Waals surface area contributed by atoms with Crippen molar-refractivity contribution < 1.29 is 23.9 Å². The number of ketones is 1. The first-order valence-corrected chi connectivity index (χ1v) is 10.7. The number of nitrogens with zero attached hydrogens (tertiary/aromatic N) is 1. The Labute approximate surface area is 187 Å². The van der Waals surface area contributed by atoms with Crippen LogP contribution in [0.4, 0.5) is 0 Å². The van der Waals surface area contributed by atoms with Gasteiger partial charge in [-0.1, -0.05) is 23.7 Å². The zero-order chi connectivity index (χ0) is 22.4. The molecule has 0 bridgehead atoms. The molecule has 0 aliphatic carbocycles. The number of likely N-dealkylation sites (tertiary alicyclic amines) is 1. The number of benzene rings is 2. The van der Waals surface area contributed by atoms with Crippen LogP contribution in [0.3, 0.4) is 0 Å². The van der Waals surface area contributed by atoms with E-state index in [2.05, 4.69) is 13.8 Å². The molecule has 31 heavy (non-hydrogen) atoms. The number of halogens is 1. The quantitative estimate of drug-likeness (QED) is 0.463. The van der Waals surface area contributed by atoms with Crippen LogP contribution < -0.4 is 4.74 Å². The number of Topliss-reactive ketones (excluding diaryl/α,β-unsaturated/α-hetero) is 1. The second kappa shape index (κ2) is 10.4. The van der Waals surface area contributed by atoms with Crippen molar-refractivity contribution in [3.05, 3.63) is 64.7 Å². The van der Waals surface area contributed by atoms with Gasteiger partial charge in [-0.05, 0) is 69.5 Å². The first kappa shape index (κ1) is 22.8. The van der Waals surface area contributed by atoms with E-state index in [-0.39, 0.29) is 42.6 Å². The molecule has 6 nitrogen and oxygen atoms in total. The molecule has 1 saturated heterocycles. The normalized spacial score (nSPS) is 18.4. The van der Waals surface area contributed by atoms with Gasteiger partial charge in [-0.15, -0.1) is 0 Å². The van der Waals surface area contributed by atoms with Gasteiger partial charge in [0.1, 0.15) is 5.75 Å². The van der Waals surface area contributed by atoms with Gasteiger partial charge in [0.2, 0.25) is 0 Å². The largest absolute Gasteiger partial charge is 0.484 e. The van der Waals surface area contributed by atoms with E-state index < -0.39 is 5.97 Å². The molecule has 1 fully saturated rings. The molecule has 1 amide bonds. The summed E-state index contributed by atoms with van der Waals surface area (Å²) in [6.07, 6.45) is 3.15. The fourth-order valence-electron chi connectivity index (χ4n) is 3.78. The minimum absolute atomic E-state index is 0.0392. The number of piperidine rings is 1. The van der Waals surface area contributed by atoms with Crippen molar-refractivity contribution in [2.24, 2.45) is 0 Å². The Bertz CT molecular complexity index is 933. The Morgan fingerprint density at radius 1 is 0.968 bits per heavy atom. The highest BCUT2D eigenvalue weighted by Gasteiger charge is 2.29. The number of esters is 1. The second-order valence-electron chi connectivity index (χ2n) is 7.75. The Morgan fingerprint density at radius 2 is 1.65 bits per heavy atom. The molecule has 0 spiro atoms. The molecule has 0 saturated carbocycles. The predicted molar refractivity (Wildman–Crippen MR) is 118 cm³/mol. The third kappa shape index (κ3) is 6.07. The number of rotatable bonds is 7. The highest BCUT2D eigenvalue weighted by molar-refractivity contribution is 6.31. The topological polar surface area (TPSA) is 72.9 Å². The summed E-state index contributed by atoms with van der Waals surface area (Å²) in [7, 11) is 0. The zero-order valence-corrected chi connectivity index (χ0v) is 18.4. The maximum absolute atomic E-state index is 12.5. The van der Waals surface area contributed by atoms with Gasteiger partial charge >= 0.3 is 5.97 Å². The monoisotopic (exact) mass is 443 g/mol. The molecule has 2 aromatic rings. The van der Waals surface area contributed by atoms with Crippen LogP contribution in [0, 0.1) is 0 Å². The van der Waals surface area contributed by atoms with E-state index in [9.17, 15) is 14.4 Å². The number of carbonyl (C=O) groups excluding carboxylic acids is 3. The molecular weight excluding hydrogens is 418 g/mol. The third-order valence-electron chi connectivity index (χ3n) is 5.41. The van der Waals surface area contributed by atoms with E-state index >= 15 is 0 Å². The number of hydrogen-bond acceptors (Lipinski definition) is 5. The van der Waals surface area contributed by atoms with Crippen LogP contribution in [0.15, 0.2) is 48.5 Å². The molecule has 2 aromatic carbocycles. The SMILES string of the molecule is CC1CCCC(C)N1C(=O)COc1ccc(C(=O)OCC(=O)c2cccc(Cl)c2)cc1. The minimum Gasteiger partial charge on any atom is -0.484 e. The zero-order valence-electron chi connectivity index (χ0n) is 17.7. The summed E-state index contributed by atoms with van der Waals surface area (Å²) in [6.45, 7) is 3.70. The Kier molecular flexibility index (Phi) is 7.69. The highest BCUT2D eigenvalue weighted by atomic mass is 35.5. The van der Waals surface area contributed by atoms with Gasteiger partial charge in [0, 0.05) is 22.7 Å². The fourth-order valence-corrected chi connectivity index (χ4v) is 3.97. The first-order valence-electron chi connectivity index (χ1n) is 10.3. The molecule has 0 N–H and O–H groups in total. The molecule has 164 valence electrons. The predicted octanol–water partition coefficient (Wildman–Crippen LogP) is 4.55. The van der Waals surface area contributed by atoms with E-state index in [4.69, 9.17) is 21.1 Å². The number of hydrogen-bond donors (Lipinski definition) is 0. The van der Waals surface area contributed by atoms with Crippen molar-refractivity contribution in [2.75, 3.05) is 13.2 Å². The summed E-state index contributed by atoms with van der Waals surface area (Å²) in [5.74, 6) is -0.510. The summed E-state index contributed by atoms with van der Waals surface area (Å²) in [5, 5.41) is 0.440. The van der Waals surface area contributed by atoms with Crippen molar-refractivity contribution in [3.63, 3.8) is 0 Å². The maximum atomic E-state index is 12.5. The van der Waals surface area contributed by atoms with Crippen LogP contribution in [-0.2, 0) is 9.53 Å². The van der Waals surface area contributed by atoms with Crippen molar-refractivity contribution in [1.29, 1.82) is 0 Å². The van der Waals surface area contributed by atoms with Gasteiger partial charge in [0.25, 0.3) is 5.91 Å². The maximum Gasteiger partial charge on any atom is 0.338 e. The average molecular weight is 444 g/mol. The molecule has 0 radical (unpaired) electrons. The fraction of sp³-hybridized carbons (Fsp3) is 0.375. The summed E-state index contributed by atoms with van der Waals surface area (Å²) in [4.78, 5) is 38.8. The van der Waals surface area contributed by atoms with Crippen LogP contribution in [0.25, 0.3) is 0 Å². The first-order chi connectivity index (χ1) is 14.8. The Hall–Kier alpha value is -2.86. The van der Waals surface area contributed by atoms with E-state index in [1.807, 2.05) is 4.90 Å². The van der Waals surface area contributed by atoms with Gasteiger partial charge in [-0.2, -0.15) is 0 Å². The molecule has 2 unspecified atom stereocenters. The van der Waals surface area contributed by atoms with E-state index in [1.165, 1.54) is 18.2 Å². The van der Waals surface area contributed by atoms with Crippen LogP contribution in [0.5, 0.6) is 5.75 Å². The van der Waals surface area contributed by atoms with Crippen molar-refractivity contribution in [1.82, 2.24) is 4.90 Å². The van der Waals surface area contributed by atoms with Crippen molar-refractivity contribution >= 4 is 29.3 Å². The Balaban J connectivity index is 1.49. The van der Waals surface area contributed by atoms with E-state index in [0.29, 0.717) is 16.3 Å². The van der Waals surface area contributed by atoms with Crippen molar-refractivity contribution in [2.45, 2.75) is 45.2 Å². The lowest BCUT2D eigenvalue weighted by Crippen LogP contribution is -2.49. The molecule has 3 rings (SSSR count). The van der Waals surface area contributed by atoms with E-state index in [0.717, 1.165) is 19.3 Å². The van der Waals surface area contributed by atoms with Crippen molar-refractivity contribution in [3.8, 4) is 5.75 Å².